The first kappa shape index (κ1) is 20.5. The van der Waals surface area contributed by atoms with Crippen molar-refractivity contribution in [2.75, 3.05) is 25.6 Å². The van der Waals surface area contributed by atoms with Crippen LogP contribution < -0.4 is 14.8 Å². The topological polar surface area (TPSA) is 74.6 Å². The highest BCUT2D eigenvalue weighted by molar-refractivity contribution is 5.94. The van der Waals surface area contributed by atoms with Crippen molar-refractivity contribution in [2.45, 2.75) is 19.9 Å². The number of anilines is 1. The maximum atomic E-state index is 13.1. The molecule has 0 amide bonds. The van der Waals surface area contributed by atoms with E-state index >= 15 is 0 Å². The molecule has 1 N–H and O–H groups in total. The Morgan fingerprint density at radius 1 is 1.26 bits per heavy atom. The third-order valence-corrected chi connectivity index (χ3v) is 5.19. The SMILES string of the molecule is C=CCOC(=O)C1=C(C)Nc2nc3ccccc3n2C1c1ccc(OCC)c(OC)c1. The molecule has 160 valence electrons. The summed E-state index contributed by atoms with van der Waals surface area (Å²) >= 11 is 0. The molecule has 0 radical (unpaired) electrons. The molecule has 1 aliphatic rings. The summed E-state index contributed by atoms with van der Waals surface area (Å²) in [5.74, 6) is 1.50. The summed E-state index contributed by atoms with van der Waals surface area (Å²) in [4.78, 5) is 17.8. The van der Waals surface area contributed by atoms with E-state index < -0.39 is 12.0 Å². The van der Waals surface area contributed by atoms with Crippen LogP contribution in [-0.4, -0.2) is 35.8 Å². The highest BCUT2D eigenvalue weighted by atomic mass is 16.5. The van der Waals surface area contributed by atoms with Crippen LogP contribution in [0, 0.1) is 0 Å². The Morgan fingerprint density at radius 3 is 2.81 bits per heavy atom. The van der Waals surface area contributed by atoms with Gasteiger partial charge in [0.15, 0.2) is 11.5 Å². The van der Waals surface area contributed by atoms with Crippen LogP contribution in [0.5, 0.6) is 11.5 Å². The van der Waals surface area contributed by atoms with Gasteiger partial charge in [-0.15, -0.1) is 0 Å². The Bertz CT molecular complexity index is 1180. The van der Waals surface area contributed by atoms with Crippen molar-refractivity contribution < 1.29 is 19.0 Å². The number of ether oxygens (including phenoxy) is 3. The summed E-state index contributed by atoms with van der Waals surface area (Å²) in [5.41, 5.74) is 3.79. The van der Waals surface area contributed by atoms with Crippen LogP contribution in [0.3, 0.4) is 0 Å². The van der Waals surface area contributed by atoms with Gasteiger partial charge in [0.05, 0.1) is 36.4 Å². The van der Waals surface area contributed by atoms with Gasteiger partial charge in [-0.1, -0.05) is 30.9 Å². The molecule has 0 fully saturated rings. The standard InChI is InChI=1S/C24H25N3O4/c1-5-13-31-23(28)21-15(3)25-24-26-17-9-7-8-10-18(17)27(24)22(21)16-11-12-19(30-6-2)20(14-16)29-4/h5,7-12,14,22H,1,6,13H2,2-4H3,(H,25,26). The smallest absolute Gasteiger partial charge is 0.338 e. The molecule has 31 heavy (non-hydrogen) atoms. The number of benzene rings is 2. The molecule has 1 aromatic heterocycles. The Balaban J connectivity index is 1.93. The van der Waals surface area contributed by atoms with Crippen LogP contribution in [0.4, 0.5) is 5.95 Å². The molecule has 0 saturated carbocycles. The quantitative estimate of drug-likeness (QED) is 0.450. The number of nitrogens with one attached hydrogen (secondary N) is 1. The van der Waals surface area contributed by atoms with E-state index in [0.29, 0.717) is 35.3 Å². The van der Waals surface area contributed by atoms with Gasteiger partial charge in [-0.05, 0) is 43.7 Å². The molecule has 2 aromatic carbocycles. The summed E-state index contributed by atoms with van der Waals surface area (Å²) in [7, 11) is 1.60. The van der Waals surface area contributed by atoms with E-state index in [4.69, 9.17) is 19.2 Å². The fourth-order valence-corrected chi connectivity index (χ4v) is 3.89. The molecule has 0 bridgehead atoms. The average molecular weight is 419 g/mol. The molecule has 7 nitrogen and oxygen atoms in total. The lowest BCUT2D eigenvalue weighted by molar-refractivity contribution is -0.138. The number of rotatable bonds is 7. The minimum Gasteiger partial charge on any atom is -0.493 e. The molecule has 3 aromatic rings. The van der Waals surface area contributed by atoms with Crippen molar-refractivity contribution >= 4 is 23.0 Å². The molecule has 1 aliphatic heterocycles. The van der Waals surface area contributed by atoms with E-state index in [1.807, 2.05) is 60.9 Å². The van der Waals surface area contributed by atoms with E-state index in [1.54, 1.807) is 13.2 Å². The van der Waals surface area contributed by atoms with Crippen molar-refractivity contribution in [3.05, 3.63) is 72.0 Å². The Labute approximate surface area is 180 Å². The highest BCUT2D eigenvalue weighted by Gasteiger charge is 2.35. The fraction of sp³-hybridized carbons (Fsp3) is 0.250. The second-order valence-corrected chi connectivity index (χ2v) is 7.09. The number of methoxy groups -OCH3 is 1. The largest absolute Gasteiger partial charge is 0.493 e. The third-order valence-electron chi connectivity index (χ3n) is 5.19. The first-order chi connectivity index (χ1) is 15.1. The van der Waals surface area contributed by atoms with Crippen molar-refractivity contribution in [3.8, 4) is 11.5 Å². The molecular formula is C24H25N3O4. The van der Waals surface area contributed by atoms with Crippen molar-refractivity contribution in [1.29, 1.82) is 0 Å². The summed E-state index contributed by atoms with van der Waals surface area (Å²) in [5, 5.41) is 3.27. The van der Waals surface area contributed by atoms with Gasteiger partial charge < -0.3 is 19.5 Å². The van der Waals surface area contributed by atoms with Crippen molar-refractivity contribution in [1.82, 2.24) is 9.55 Å². The second-order valence-electron chi connectivity index (χ2n) is 7.09. The molecule has 0 aliphatic carbocycles. The van der Waals surface area contributed by atoms with Crippen LogP contribution in [0.25, 0.3) is 11.0 Å². The molecular weight excluding hydrogens is 394 g/mol. The van der Waals surface area contributed by atoms with Gasteiger partial charge in [0, 0.05) is 5.70 Å². The summed E-state index contributed by atoms with van der Waals surface area (Å²) in [6, 6.07) is 13.1. The zero-order valence-corrected chi connectivity index (χ0v) is 17.8. The average Bonchev–Trinajstić information content (AvgIpc) is 3.14. The third kappa shape index (κ3) is 3.63. The lowest BCUT2D eigenvalue weighted by atomic mass is 9.94. The molecule has 1 unspecified atom stereocenters. The van der Waals surface area contributed by atoms with Crippen LogP contribution in [0.15, 0.2) is 66.4 Å². The van der Waals surface area contributed by atoms with Gasteiger partial charge in [0.2, 0.25) is 5.95 Å². The summed E-state index contributed by atoms with van der Waals surface area (Å²) in [6.45, 7) is 8.07. The van der Waals surface area contributed by atoms with Gasteiger partial charge in [-0.3, -0.25) is 4.57 Å². The Morgan fingerprint density at radius 2 is 2.06 bits per heavy atom. The predicted octanol–water partition coefficient (Wildman–Crippen LogP) is 4.46. The molecule has 0 saturated heterocycles. The zero-order chi connectivity index (χ0) is 22.0. The van der Waals surface area contributed by atoms with Crippen LogP contribution >= 0.6 is 0 Å². The van der Waals surface area contributed by atoms with Crippen LogP contribution in [0.1, 0.15) is 25.5 Å². The predicted molar refractivity (Wildman–Crippen MR) is 120 cm³/mol. The number of allylic oxidation sites excluding steroid dienone is 1. The fourth-order valence-electron chi connectivity index (χ4n) is 3.89. The van der Waals surface area contributed by atoms with Crippen molar-refractivity contribution in [2.24, 2.45) is 0 Å². The van der Waals surface area contributed by atoms with Gasteiger partial charge in [-0.2, -0.15) is 0 Å². The molecule has 7 heteroatoms. The minimum atomic E-state index is -0.453. The highest BCUT2D eigenvalue weighted by Crippen LogP contribution is 2.41. The van der Waals surface area contributed by atoms with E-state index in [-0.39, 0.29) is 6.61 Å². The maximum Gasteiger partial charge on any atom is 0.338 e. The maximum absolute atomic E-state index is 13.1. The number of carbonyl (C=O) groups excluding carboxylic acids is 1. The second kappa shape index (κ2) is 8.55. The first-order valence-corrected chi connectivity index (χ1v) is 10.1. The van der Waals surface area contributed by atoms with Gasteiger partial charge in [0.1, 0.15) is 6.61 Å². The zero-order valence-electron chi connectivity index (χ0n) is 17.8. The van der Waals surface area contributed by atoms with E-state index in [1.165, 1.54) is 0 Å². The molecule has 0 spiro atoms. The van der Waals surface area contributed by atoms with Crippen LogP contribution in [0.2, 0.25) is 0 Å². The number of aromatic nitrogens is 2. The lowest BCUT2D eigenvalue weighted by Gasteiger charge is -2.30. The molecule has 4 rings (SSSR count). The Kier molecular flexibility index (Phi) is 5.66. The number of carbonyl (C=O) groups is 1. The number of imidazole rings is 1. The van der Waals surface area contributed by atoms with E-state index in [9.17, 15) is 4.79 Å². The molecule has 2 heterocycles. The number of fused-ring (bicyclic) bond motifs is 3. The summed E-state index contributed by atoms with van der Waals surface area (Å²) in [6.07, 6.45) is 1.55. The lowest BCUT2D eigenvalue weighted by Crippen LogP contribution is -2.29. The normalized spacial score (nSPS) is 15.3. The minimum absolute atomic E-state index is 0.131. The Hall–Kier alpha value is -3.74. The number of esters is 1. The number of nitrogens with zero attached hydrogens (tertiary/aromatic N) is 2. The molecule has 1 atom stereocenters. The van der Waals surface area contributed by atoms with E-state index in [2.05, 4.69) is 11.9 Å². The number of hydrogen-bond acceptors (Lipinski definition) is 6. The first-order valence-electron chi connectivity index (χ1n) is 10.1. The number of hydrogen-bond donors (Lipinski definition) is 1. The summed E-state index contributed by atoms with van der Waals surface area (Å²) < 4.78 is 18.7. The number of para-hydroxylation sites is 2. The van der Waals surface area contributed by atoms with Crippen LogP contribution in [-0.2, 0) is 9.53 Å². The van der Waals surface area contributed by atoms with Gasteiger partial charge in [0.25, 0.3) is 0 Å². The monoisotopic (exact) mass is 419 g/mol. The van der Waals surface area contributed by atoms with E-state index in [0.717, 1.165) is 16.6 Å². The van der Waals surface area contributed by atoms with Gasteiger partial charge in [-0.25, -0.2) is 9.78 Å². The van der Waals surface area contributed by atoms with Crippen molar-refractivity contribution in [3.63, 3.8) is 0 Å². The van der Waals surface area contributed by atoms with Gasteiger partial charge >= 0.3 is 5.97 Å².